The fourth-order valence-corrected chi connectivity index (χ4v) is 5.52. The number of phosphoric ester groups is 1. The average Bonchev–Trinajstić information content (AvgIpc) is 3.12. The molecule has 0 saturated heterocycles. The zero-order valence-corrected chi connectivity index (χ0v) is 32.8. The molecule has 0 aliphatic carbocycles. The van der Waals surface area contributed by atoms with E-state index in [1.54, 1.807) is 0 Å². The molecule has 0 aromatic rings. The Morgan fingerprint density at radius 1 is 0.615 bits per heavy atom. The molecule has 0 bridgehead atoms. The average molecular weight is 754 g/mol. The van der Waals surface area contributed by atoms with Crippen molar-refractivity contribution in [3.8, 4) is 0 Å². The van der Waals surface area contributed by atoms with Crippen LogP contribution >= 0.6 is 7.82 Å². The van der Waals surface area contributed by atoms with E-state index >= 15 is 0 Å². The van der Waals surface area contributed by atoms with E-state index < -0.39 is 51.1 Å². The predicted octanol–water partition coefficient (Wildman–Crippen LogP) is 9.61. The largest absolute Gasteiger partial charge is 0.480 e. The number of hydrogen-bond acceptors (Lipinski definition) is 9. The summed E-state index contributed by atoms with van der Waals surface area (Å²) in [5.41, 5.74) is 5.31. The van der Waals surface area contributed by atoms with Gasteiger partial charge in [-0.2, -0.15) is 0 Å². The molecule has 0 heterocycles. The summed E-state index contributed by atoms with van der Waals surface area (Å²) >= 11 is 0. The van der Waals surface area contributed by atoms with Gasteiger partial charge in [0.15, 0.2) is 6.10 Å². The zero-order chi connectivity index (χ0) is 38.5. The van der Waals surface area contributed by atoms with Crippen molar-refractivity contribution in [1.29, 1.82) is 0 Å². The quantitative estimate of drug-likeness (QED) is 0.0244. The van der Waals surface area contributed by atoms with Gasteiger partial charge >= 0.3 is 25.7 Å². The third-order valence-electron chi connectivity index (χ3n) is 7.78. The molecule has 3 atom stereocenters. The van der Waals surface area contributed by atoms with Crippen LogP contribution in [-0.2, 0) is 37.5 Å². The number of carbonyl (C=O) groups excluding carboxylic acids is 2. The van der Waals surface area contributed by atoms with Crippen molar-refractivity contribution in [2.45, 2.75) is 154 Å². The molecule has 0 fully saturated rings. The molecule has 1 unspecified atom stereocenters. The summed E-state index contributed by atoms with van der Waals surface area (Å²) in [5.74, 6) is -2.46. The predicted molar refractivity (Wildman–Crippen MR) is 208 cm³/mol. The van der Waals surface area contributed by atoms with E-state index in [0.29, 0.717) is 19.3 Å². The van der Waals surface area contributed by atoms with E-state index in [9.17, 15) is 23.8 Å². The summed E-state index contributed by atoms with van der Waals surface area (Å²) in [6.45, 7) is 2.59. The lowest BCUT2D eigenvalue weighted by molar-refractivity contribution is -0.161. The Morgan fingerprint density at radius 3 is 1.60 bits per heavy atom. The van der Waals surface area contributed by atoms with Crippen LogP contribution in [0, 0.1) is 0 Å². The molecule has 12 heteroatoms. The number of carboxylic acids is 1. The maximum absolute atomic E-state index is 12.5. The Hall–Kier alpha value is -2.82. The molecule has 0 spiro atoms. The van der Waals surface area contributed by atoms with Gasteiger partial charge in [0, 0.05) is 12.8 Å². The summed E-state index contributed by atoms with van der Waals surface area (Å²) in [6.07, 6.45) is 38.7. The first-order chi connectivity index (χ1) is 25.1. The number of esters is 2. The van der Waals surface area contributed by atoms with Gasteiger partial charge in [-0.3, -0.25) is 23.4 Å². The first-order valence-corrected chi connectivity index (χ1v) is 20.8. The Labute approximate surface area is 313 Å². The lowest BCUT2D eigenvalue weighted by Crippen LogP contribution is -2.34. The molecule has 0 amide bonds. The van der Waals surface area contributed by atoms with Gasteiger partial charge in [-0.25, -0.2) is 4.57 Å². The van der Waals surface area contributed by atoms with Gasteiger partial charge in [0.05, 0.1) is 13.2 Å². The number of unbranched alkanes of at least 4 members (excludes halogenated alkanes) is 11. The molecule has 298 valence electrons. The van der Waals surface area contributed by atoms with Gasteiger partial charge in [0.25, 0.3) is 0 Å². The van der Waals surface area contributed by atoms with Gasteiger partial charge in [-0.15, -0.1) is 0 Å². The third-order valence-corrected chi connectivity index (χ3v) is 8.73. The van der Waals surface area contributed by atoms with Crippen LogP contribution in [0.5, 0.6) is 0 Å². The van der Waals surface area contributed by atoms with Crippen molar-refractivity contribution < 1.29 is 47.5 Å². The minimum atomic E-state index is -4.73. The fourth-order valence-electron chi connectivity index (χ4n) is 4.75. The highest BCUT2D eigenvalue weighted by Gasteiger charge is 2.28. The Bertz CT molecular complexity index is 1120. The number of rotatable bonds is 35. The van der Waals surface area contributed by atoms with Crippen molar-refractivity contribution in [3.05, 3.63) is 60.8 Å². The SMILES string of the molecule is CC/C=C/C/C=C/C/C=C/C/C=C/C/C=C/CCCC(=O)O[C@@H](COC(=O)CCCCCCCCCCCCC)COP(=O)(O)OC[C@H](N)C(=O)O. The van der Waals surface area contributed by atoms with Crippen LogP contribution in [0.1, 0.15) is 142 Å². The molecule has 0 radical (unpaired) electrons. The van der Waals surface area contributed by atoms with Crippen LogP contribution < -0.4 is 5.73 Å². The second-order valence-electron chi connectivity index (χ2n) is 12.7. The fraction of sp³-hybridized carbons (Fsp3) is 0.675. The monoisotopic (exact) mass is 753 g/mol. The zero-order valence-electron chi connectivity index (χ0n) is 31.9. The van der Waals surface area contributed by atoms with Crippen LogP contribution in [0.15, 0.2) is 60.8 Å². The lowest BCUT2D eigenvalue weighted by Gasteiger charge is -2.20. The highest BCUT2D eigenvalue weighted by Crippen LogP contribution is 2.43. The molecule has 0 aliphatic heterocycles. The molecule has 0 aromatic carbocycles. The maximum Gasteiger partial charge on any atom is 0.472 e. The molecular weight excluding hydrogens is 685 g/mol. The number of nitrogens with two attached hydrogens (primary N) is 1. The maximum atomic E-state index is 12.5. The topological polar surface area (TPSA) is 172 Å². The van der Waals surface area contributed by atoms with Crippen molar-refractivity contribution in [3.63, 3.8) is 0 Å². The Balaban J connectivity index is 4.55. The third kappa shape index (κ3) is 34.3. The molecule has 0 saturated carbocycles. The summed E-state index contributed by atoms with van der Waals surface area (Å²) < 4.78 is 32.5. The van der Waals surface area contributed by atoms with Crippen LogP contribution in [-0.4, -0.2) is 59.9 Å². The van der Waals surface area contributed by atoms with E-state index in [1.165, 1.54) is 44.9 Å². The number of carbonyl (C=O) groups is 3. The number of aliphatic carboxylic acids is 1. The first kappa shape index (κ1) is 49.2. The molecule has 11 nitrogen and oxygen atoms in total. The highest BCUT2D eigenvalue weighted by molar-refractivity contribution is 7.47. The van der Waals surface area contributed by atoms with Gasteiger partial charge in [0.1, 0.15) is 12.6 Å². The minimum absolute atomic E-state index is 0.0816. The number of carboxylic acid groups (broad SMARTS) is 1. The van der Waals surface area contributed by atoms with Crippen LogP contribution in [0.4, 0.5) is 0 Å². The summed E-state index contributed by atoms with van der Waals surface area (Å²) in [6, 6.07) is -1.53. The number of hydrogen-bond donors (Lipinski definition) is 3. The molecule has 4 N–H and O–H groups in total. The van der Waals surface area contributed by atoms with Crippen molar-refractivity contribution in [2.24, 2.45) is 5.73 Å². The normalized spacial score (nSPS) is 14.5. The van der Waals surface area contributed by atoms with Gasteiger partial charge in [0.2, 0.25) is 0 Å². The van der Waals surface area contributed by atoms with E-state index in [2.05, 4.69) is 67.0 Å². The summed E-state index contributed by atoms with van der Waals surface area (Å²) in [5, 5.41) is 8.86. The Kier molecular flexibility index (Phi) is 33.3. The van der Waals surface area contributed by atoms with E-state index in [4.69, 9.17) is 24.8 Å². The number of allylic oxidation sites excluding steroid dienone is 10. The molecule has 52 heavy (non-hydrogen) atoms. The van der Waals surface area contributed by atoms with Gasteiger partial charge in [-0.1, -0.05) is 139 Å². The van der Waals surface area contributed by atoms with Gasteiger partial charge in [-0.05, 0) is 51.4 Å². The van der Waals surface area contributed by atoms with E-state index in [1.807, 2.05) is 12.2 Å². The molecule has 0 aliphatic rings. The van der Waals surface area contributed by atoms with E-state index in [0.717, 1.165) is 51.4 Å². The lowest BCUT2D eigenvalue weighted by atomic mass is 10.1. The summed E-state index contributed by atoms with van der Waals surface area (Å²) in [4.78, 5) is 45.7. The minimum Gasteiger partial charge on any atom is -0.480 e. The summed E-state index contributed by atoms with van der Waals surface area (Å²) in [7, 11) is -4.73. The van der Waals surface area contributed by atoms with Crippen LogP contribution in [0.2, 0.25) is 0 Å². The van der Waals surface area contributed by atoms with Crippen molar-refractivity contribution >= 4 is 25.7 Å². The second kappa shape index (κ2) is 35.2. The Morgan fingerprint density at radius 2 is 1.08 bits per heavy atom. The highest BCUT2D eigenvalue weighted by atomic mass is 31.2. The van der Waals surface area contributed by atoms with Gasteiger partial charge < -0.3 is 25.2 Å². The van der Waals surface area contributed by atoms with E-state index in [-0.39, 0.29) is 19.4 Å². The number of ether oxygens (including phenoxy) is 2. The van der Waals surface area contributed by atoms with Crippen LogP contribution in [0.25, 0.3) is 0 Å². The standard InChI is InChI=1S/C40H68NO10P/c1-3-5-7-9-11-13-15-16-17-18-19-20-22-24-26-28-30-32-39(43)51-36(34-49-52(46,47)50-35-37(41)40(44)45)33-48-38(42)31-29-27-25-23-21-14-12-10-8-6-4-2/h5,7,11,13,16-17,19-20,24,26,36-37H,3-4,6,8-10,12,14-15,18,21-23,25,27-35,41H2,1-2H3,(H,44,45)(H,46,47)/b7-5+,13-11+,17-16+,20-19+,26-24+/t36-,37-/m0/s1. The molecular formula is C40H68NO10P. The smallest absolute Gasteiger partial charge is 0.472 e. The second-order valence-corrected chi connectivity index (χ2v) is 14.1. The van der Waals surface area contributed by atoms with Crippen LogP contribution in [0.3, 0.4) is 0 Å². The molecule has 0 rings (SSSR count). The van der Waals surface area contributed by atoms with Crippen molar-refractivity contribution in [2.75, 3.05) is 19.8 Å². The van der Waals surface area contributed by atoms with Crippen molar-refractivity contribution in [1.82, 2.24) is 0 Å². The number of phosphoric acid groups is 1. The first-order valence-electron chi connectivity index (χ1n) is 19.3. The molecule has 0 aromatic heterocycles.